The molecule has 0 aliphatic heterocycles. The van der Waals surface area contributed by atoms with Crippen molar-refractivity contribution in [1.82, 2.24) is 0 Å². The number of allylic oxidation sites excluding steroid dienone is 2. The first-order chi connectivity index (χ1) is 7.85. The summed E-state index contributed by atoms with van der Waals surface area (Å²) in [5.74, 6) is -1.84. The van der Waals surface area contributed by atoms with E-state index in [4.69, 9.17) is 0 Å². The molecule has 0 aliphatic carbocycles. The van der Waals surface area contributed by atoms with Crippen LogP contribution in [0, 0.1) is 10.8 Å². The van der Waals surface area contributed by atoms with Gasteiger partial charge < -0.3 is 10.2 Å². The molecular weight excluding hydrogens is 232 g/mol. The topological polar surface area (TPSA) is 74.6 Å². The largest absolute Gasteiger partial charge is 0.504 e. The number of rotatable bonds is 3. The fourth-order valence-electron chi connectivity index (χ4n) is 0.829. The number of carbonyl (C=O) groups excluding carboxylic acids is 2. The summed E-state index contributed by atoms with van der Waals surface area (Å²) in [7, 11) is 0. The Morgan fingerprint density at radius 2 is 0.944 bits per heavy atom. The molecule has 2 N–H and O–H groups in total. The zero-order valence-corrected chi connectivity index (χ0v) is 11.9. The van der Waals surface area contributed by atoms with Crippen LogP contribution < -0.4 is 0 Å². The highest BCUT2D eigenvalue weighted by Gasteiger charge is 2.22. The summed E-state index contributed by atoms with van der Waals surface area (Å²) in [6.07, 6.45) is 1.86. The van der Waals surface area contributed by atoms with Gasteiger partial charge >= 0.3 is 0 Å². The van der Waals surface area contributed by atoms with E-state index in [-0.39, 0.29) is 11.6 Å². The van der Waals surface area contributed by atoms with Gasteiger partial charge in [-0.05, 0) is 0 Å². The van der Waals surface area contributed by atoms with Crippen molar-refractivity contribution in [2.75, 3.05) is 0 Å². The molecule has 18 heavy (non-hydrogen) atoms. The first kappa shape index (κ1) is 16.4. The van der Waals surface area contributed by atoms with E-state index in [2.05, 4.69) is 0 Å². The Balaban J connectivity index is 5.08. The van der Waals surface area contributed by atoms with Gasteiger partial charge in [0.15, 0.2) is 23.1 Å². The van der Waals surface area contributed by atoms with Crippen molar-refractivity contribution in [1.29, 1.82) is 0 Å². The number of aliphatic hydroxyl groups is 2. The van der Waals surface area contributed by atoms with Gasteiger partial charge in [-0.1, -0.05) is 41.5 Å². The summed E-state index contributed by atoms with van der Waals surface area (Å²) >= 11 is 0. The summed E-state index contributed by atoms with van der Waals surface area (Å²) in [4.78, 5) is 23.2. The molecule has 0 unspecified atom stereocenters. The van der Waals surface area contributed by atoms with Crippen LogP contribution in [0.4, 0.5) is 0 Å². The second-order valence-corrected chi connectivity index (χ2v) is 6.29. The van der Waals surface area contributed by atoms with Crippen LogP contribution in [-0.4, -0.2) is 21.8 Å². The van der Waals surface area contributed by atoms with Gasteiger partial charge in [0.1, 0.15) is 0 Å². The molecule has 0 saturated heterocycles. The second-order valence-electron chi connectivity index (χ2n) is 6.29. The Bertz CT molecular complexity index is 360. The highest BCUT2D eigenvalue weighted by atomic mass is 16.3. The van der Waals surface area contributed by atoms with Crippen LogP contribution in [0.2, 0.25) is 0 Å². The highest BCUT2D eigenvalue weighted by Crippen LogP contribution is 2.19. The van der Waals surface area contributed by atoms with Crippen LogP contribution in [0.5, 0.6) is 0 Å². The molecule has 0 radical (unpaired) electrons. The highest BCUT2D eigenvalue weighted by molar-refractivity contribution is 5.96. The molecule has 102 valence electrons. The Morgan fingerprint density at radius 3 is 1.11 bits per heavy atom. The number of aliphatic hydroxyl groups excluding tert-OH is 2. The lowest BCUT2D eigenvalue weighted by Crippen LogP contribution is -2.19. The number of carbonyl (C=O) groups is 2. The maximum Gasteiger partial charge on any atom is 0.164 e. The van der Waals surface area contributed by atoms with Gasteiger partial charge in [0.25, 0.3) is 0 Å². The molecule has 4 nitrogen and oxygen atoms in total. The van der Waals surface area contributed by atoms with E-state index in [1.54, 1.807) is 41.5 Å². The average Bonchev–Trinajstić information content (AvgIpc) is 2.14. The minimum absolute atomic E-state index is 0.330. The predicted octanol–water partition coefficient (Wildman–Crippen LogP) is 3.10. The van der Waals surface area contributed by atoms with E-state index in [1.165, 1.54) is 0 Å². The Labute approximate surface area is 108 Å². The van der Waals surface area contributed by atoms with Crippen LogP contribution in [0.25, 0.3) is 0 Å². The van der Waals surface area contributed by atoms with Crippen LogP contribution in [-0.2, 0) is 9.59 Å². The maximum absolute atomic E-state index is 11.6. The lowest BCUT2D eigenvalue weighted by atomic mass is 9.89. The molecule has 0 fully saturated rings. The second kappa shape index (κ2) is 5.38. The molecule has 0 amide bonds. The Hall–Kier alpha value is -1.58. The van der Waals surface area contributed by atoms with Gasteiger partial charge in [0.05, 0.1) is 0 Å². The summed E-state index contributed by atoms with van der Waals surface area (Å²) in [6.45, 7) is 10.2. The van der Waals surface area contributed by atoms with Gasteiger partial charge in [-0.25, -0.2) is 0 Å². The summed E-state index contributed by atoms with van der Waals surface area (Å²) in [5, 5.41) is 19.1. The molecular formula is C14H22O4. The molecule has 0 rings (SSSR count). The molecule has 0 spiro atoms. The van der Waals surface area contributed by atoms with Crippen LogP contribution in [0.15, 0.2) is 23.7 Å². The first-order valence-electron chi connectivity index (χ1n) is 5.76. The van der Waals surface area contributed by atoms with E-state index in [0.29, 0.717) is 0 Å². The van der Waals surface area contributed by atoms with Crippen molar-refractivity contribution in [2.45, 2.75) is 41.5 Å². The van der Waals surface area contributed by atoms with Crippen LogP contribution >= 0.6 is 0 Å². The number of hydrogen-bond acceptors (Lipinski definition) is 4. The van der Waals surface area contributed by atoms with Crippen molar-refractivity contribution in [3.63, 3.8) is 0 Å². The van der Waals surface area contributed by atoms with Gasteiger partial charge in [-0.2, -0.15) is 0 Å². The van der Waals surface area contributed by atoms with Gasteiger partial charge in [0.2, 0.25) is 0 Å². The normalized spacial score (nSPS) is 14.6. The molecule has 0 aromatic heterocycles. The number of ketones is 2. The fourth-order valence-corrected chi connectivity index (χ4v) is 0.829. The SMILES string of the molecule is CC(C)(C)C(=O)C=C(O)C(O)=CC(=O)C(C)(C)C. The summed E-state index contributed by atoms with van der Waals surface area (Å²) in [5.41, 5.74) is -1.30. The molecule has 0 atom stereocenters. The van der Waals surface area contributed by atoms with E-state index in [1.807, 2.05) is 0 Å². The van der Waals surface area contributed by atoms with E-state index in [9.17, 15) is 19.8 Å². The third kappa shape index (κ3) is 5.17. The Kier molecular flexibility index (Phi) is 4.90. The van der Waals surface area contributed by atoms with Crippen molar-refractivity contribution >= 4 is 11.6 Å². The Morgan fingerprint density at radius 1 is 0.722 bits per heavy atom. The number of hydrogen-bond donors (Lipinski definition) is 2. The van der Waals surface area contributed by atoms with Crippen LogP contribution in [0.3, 0.4) is 0 Å². The monoisotopic (exact) mass is 254 g/mol. The van der Waals surface area contributed by atoms with Crippen molar-refractivity contribution in [3.05, 3.63) is 23.7 Å². The average molecular weight is 254 g/mol. The standard InChI is InChI=1S/C14H22O4/c1-13(2,3)11(17)7-9(15)10(16)8-12(18)14(4,5)6/h7-8,15-16H,1-6H3. The van der Waals surface area contributed by atoms with Crippen LogP contribution in [0.1, 0.15) is 41.5 Å². The molecule has 0 heterocycles. The smallest absolute Gasteiger partial charge is 0.164 e. The molecule has 0 bridgehead atoms. The van der Waals surface area contributed by atoms with Crippen molar-refractivity contribution < 1.29 is 19.8 Å². The predicted molar refractivity (Wildman–Crippen MR) is 70.3 cm³/mol. The summed E-state index contributed by atoms with van der Waals surface area (Å²) in [6, 6.07) is 0. The van der Waals surface area contributed by atoms with E-state index >= 15 is 0 Å². The van der Waals surface area contributed by atoms with Crippen molar-refractivity contribution in [2.24, 2.45) is 10.8 Å². The maximum atomic E-state index is 11.6. The lowest BCUT2D eigenvalue weighted by molar-refractivity contribution is -0.122. The third-order valence-electron chi connectivity index (χ3n) is 2.28. The third-order valence-corrected chi connectivity index (χ3v) is 2.28. The lowest BCUT2D eigenvalue weighted by Gasteiger charge is -2.15. The molecule has 0 aromatic rings. The fraction of sp³-hybridized carbons (Fsp3) is 0.571. The van der Waals surface area contributed by atoms with E-state index in [0.717, 1.165) is 12.2 Å². The van der Waals surface area contributed by atoms with E-state index < -0.39 is 22.3 Å². The molecule has 0 saturated carbocycles. The minimum atomic E-state index is -0.650. The molecule has 0 aromatic carbocycles. The molecule has 4 heteroatoms. The molecule has 0 aliphatic rings. The van der Waals surface area contributed by atoms with Gasteiger partial charge in [0, 0.05) is 23.0 Å². The van der Waals surface area contributed by atoms with Crippen molar-refractivity contribution in [3.8, 4) is 0 Å². The summed E-state index contributed by atoms with van der Waals surface area (Å²) < 4.78 is 0. The van der Waals surface area contributed by atoms with Gasteiger partial charge in [-0.3, -0.25) is 9.59 Å². The van der Waals surface area contributed by atoms with Gasteiger partial charge in [-0.15, -0.1) is 0 Å². The quantitative estimate of drug-likeness (QED) is 0.461. The minimum Gasteiger partial charge on any atom is -0.504 e. The zero-order chi connectivity index (χ0) is 14.7. The first-order valence-corrected chi connectivity index (χ1v) is 5.76. The zero-order valence-electron chi connectivity index (χ0n) is 11.9.